The van der Waals surface area contributed by atoms with Gasteiger partial charge in [0.05, 0.1) is 7.11 Å². The standard InChI is InChI=1S/C15H18BrN3O/c1-10(2)15-17-13(16)9-14(18-15)19(3)11-6-5-7-12(8-11)20-4/h5-10H,1-4H3. The van der Waals surface area contributed by atoms with Crippen LogP contribution in [0.15, 0.2) is 34.9 Å². The van der Waals surface area contributed by atoms with Gasteiger partial charge in [-0.15, -0.1) is 0 Å². The van der Waals surface area contributed by atoms with Gasteiger partial charge in [0, 0.05) is 30.8 Å². The number of rotatable bonds is 4. The van der Waals surface area contributed by atoms with Crippen LogP contribution in [0.4, 0.5) is 11.5 Å². The van der Waals surface area contributed by atoms with E-state index in [1.807, 2.05) is 42.3 Å². The van der Waals surface area contributed by atoms with Crippen LogP contribution in [-0.2, 0) is 0 Å². The number of methoxy groups -OCH3 is 1. The van der Waals surface area contributed by atoms with Crippen LogP contribution in [0.3, 0.4) is 0 Å². The van der Waals surface area contributed by atoms with Crippen molar-refractivity contribution in [3.63, 3.8) is 0 Å². The zero-order chi connectivity index (χ0) is 14.7. The fraction of sp³-hybridized carbons (Fsp3) is 0.333. The van der Waals surface area contributed by atoms with Crippen molar-refractivity contribution in [1.82, 2.24) is 9.97 Å². The van der Waals surface area contributed by atoms with E-state index < -0.39 is 0 Å². The molecule has 0 unspecified atom stereocenters. The van der Waals surface area contributed by atoms with E-state index in [0.29, 0.717) is 0 Å². The number of nitrogens with zero attached hydrogens (tertiary/aromatic N) is 3. The lowest BCUT2D eigenvalue weighted by molar-refractivity contribution is 0.415. The number of aromatic nitrogens is 2. The molecule has 1 heterocycles. The minimum Gasteiger partial charge on any atom is -0.497 e. The van der Waals surface area contributed by atoms with E-state index >= 15 is 0 Å². The van der Waals surface area contributed by atoms with Gasteiger partial charge in [-0.1, -0.05) is 19.9 Å². The second-order valence-electron chi connectivity index (χ2n) is 4.82. The van der Waals surface area contributed by atoms with Crippen LogP contribution >= 0.6 is 15.9 Å². The topological polar surface area (TPSA) is 38.2 Å². The third kappa shape index (κ3) is 3.28. The van der Waals surface area contributed by atoms with Crippen molar-refractivity contribution in [2.45, 2.75) is 19.8 Å². The summed E-state index contributed by atoms with van der Waals surface area (Å²) in [6.45, 7) is 4.16. The van der Waals surface area contributed by atoms with E-state index in [-0.39, 0.29) is 5.92 Å². The van der Waals surface area contributed by atoms with Crippen molar-refractivity contribution >= 4 is 27.4 Å². The molecule has 0 saturated carbocycles. The van der Waals surface area contributed by atoms with Crippen LogP contribution in [0.5, 0.6) is 5.75 Å². The zero-order valence-electron chi connectivity index (χ0n) is 12.1. The average Bonchev–Trinajstić information content (AvgIpc) is 2.45. The Morgan fingerprint density at radius 1 is 1.20 bits per heavy atom. The number of hydrogen-bond donors (Lipinski definition) is 0. The molecule has 0 saturated heterocycles. The number of halogens is 1. The number of ether oxygens (including phenoxy) is 1. The molecule has 0 radical (unpaired) electrons. The average molecular weight is 336 g/mol. The highest BCUT2D eigenvalue weighted by Crippen LogP contribution is 2.27. The molecule has 0 N–H and O–H groups in total. The maximum absolute atomic E-state index is 5.26. The molecule has 1 aromatic heterocycles. The molecule has 2 aromatic rings. The van der Waals surface area contributed by atoms with Crippen LogP contribution in [-0.4, -0.2) is 24.1 Å². The van der Waals surface area contributed by atoms with Crippen LogP contribution in [0, 0.1) is 0 Å². The molecule has 20 heavy (non-hydrogen) atoms. The maximum Gasteiger partial charge on any atom is 0.137 e. The predicted octanol–water partition coefficient (Wildman–Crippen LogP) is 4.14. The summed E-state index contributed by atoms with van der Waals surface area (Å²) in [7, 11) is 3.64. The molecule has 2 rings (SSSR count). The van der Waals surface area contributed by atoms with Gasteiger partial charge >= 0.3 is 0 Å². The summed E-state index contributed by atoms with van der Waals surface area (Å²) in [5.41, 5.74) is 1.02. The van der Waals surface area contributed by atoms with Crippen molar-refractivity contribution in [2.75, 3.05) is 19.1 Å². The second-order valence-corrected chi connectivity index (χ2v) is 5.63. The lowest BCUT2D eigenvalue weighted by Gasteiger charge is -2.20. The Balaban J connectivity index is 2.39. The molecule has 0 amide bonds. The first-order valence-electron chi connectivity index (χ1n) is 6.43. The van der Waals surface area contributed by atoms with Crippen molar-refractivity contribution < 1.29 is 4.74 Å². The molecule has 1 aromatic carbocycles. The molecular weight excluding hydrogens is 318 g/mol. The van der Waals surface area contributed by atoms with Crippen LogP contribution in [0.2, 0.25) is 0 Å². The molecule has 4 nitrogen and oxygen atoms in total. The molecule has 0 aliphatic carbocycles. The van der Waals surface area contributed by atoms with Crippen LogP contribution < -0.4 is 9.64 Å². The van der Waals surface area contributed by atoms with Gasteiger partial charge in [-0.2, -0.15) is 0 Å². The summed E-state index contributed by atoms with van der Waals surface area (Å²) in [5, 5.41) is 0. The van der Waals surface area contributed by atoms with Gasteiger partial charge in [0.25, 0.3) is 0 Å². The molecule has 5 heteroatoms. The Morgan fingerprint density at radius 3 is 2.60 bits per heavy atom. The first-order valence-corrected chi connectivity index (χ1v) is 7.23. The number of hydrogen-bond acceptors (Lipinski definition) is 4. The fourth-order valence-corrected chi connectivity index (χ4v) is 2.19. The first kappa shape index (κ1) is 14.8. The lowest BCUT2D eigenvalue weighted by Crippen LogP contribution is -2.13. The summed E-state index contributed by atoms with van der Waals surface area (Å²) in [6, 6.07) is 9.79. The third-order valence-corrected chi connectivity index (χ3v) is 3.41. The molecule has 0 aliphatic rings. The van der Waals surface area contributed by atoms with Crippen molar-refractivity contribution in [1.29, 1.82) is 0 Å². The minimum atomic E-state index is 0.282. The Morgan fingerprint density at radius 2 is 1.95 bits per heavy atom. The summed E-state index contributed by atoms with van der Waals surface area (Å²) in [4.78, 5) is 11.0. The van der Waals surface area contributed by atoms with E-state index in [4.69, 9.17) is 4.74 Å². The largest absolute Gasteiger partial charge is 0.497 e. The molecular formula is C15H18BrN3O. The highest BCUT2D eigenvalue weighted by Gasteiger charge is 2.11. The molecule has 0 fully saturated rings. The van der Waals surface area contributed by atoms with Crippen LogP contribution in [0.25, 0.3) is 0 Å². The first-order chi connectivity index (χ1) is 9.51. The summed E-state index contributed by atoms with van der Waals surface area (Å²) < 4.78 is 6.05. The van der Waals surface area contributed by atoms with Gasteiger partial charge in [-0.25, -0.2) is 9.97 Å². The van der Waals surface area contributed by atoms with Crippen molar-refractivity contribution in [3.8, 4) is 5.75 Å². The lowest BCUT2D eigenvalue weighted by atomic mass is 10.2. The Hall–Kier alpha value is -1.62. The second kappa shape index (κ2) is 6.22. The van der Waals surface area contributed by atoms with Gasteiger partial charge in [0.1, 0.15) is 22.0 Å². The van der Waals surface area contributed by atoms with Crippen molar-refractivity contribution in [3.05, 3.63) is 40.8 Å². The highest BCUT2D eigenvalue weighted by molar-refractivity contribution is 9.10. The molecule has 0 spiro atoms. The number of benzene rings is 1. The Bertz CT molecular complexity index is 601. The van der Waals surface area contributed by atoms with E-state index in [9.17, 15) is 0 Å². The smallest absolute Gasteiger partial charge is 0.137 e. The molecule has 0 aliphatic heterocycles. The molecule has 0 atom stereocenters. The minimum absolute atomic E-state index is 0.282. The summed E-state index contributed by atoms with van der Waals surface area (Å²) >= 11 is 3.45. The predicted molar refractivity (Wildman–Crippen MR) is 84.9 cm³/mol. The van der Waals surface area contributed by atoms with E-state index in [2.05, 4.69) is 39.7 Å². The highest BCUT2D eigenvalue weighted by atomic mass is 79.9. The quantitative estimate of drug-likeness (QED) is 0.787. The van der Waals surface area contributed by atoms with E-state index in [1.54, 1.807) is 7.11 Å². The monoisotopic (exact) mass is 335 g/mol. The zero-order valence-corrected chi connectivity index (χ0v) is 13.7. The van der Waals surface area contributed by atoms with Crippen LogP contribution in [0.1, 0.15) is 25.6 Å². The summed E-state index contributed by atoms with van der Waals surface area (Å²) in [5.74, 6) is 2.78. The normalized spacial score (nSPS) is 10.7. The number of anilines is 2. The SMILES string of the molecule is COc1cccc(N(C)c2cc(Br)nc(C(C)C)n2)c1. The summed E-state index contributed by atoms with van der Waals surface area (Å²) in [6.07, 6.45) is 0. The molecule has 106 valence electrons. The third-order valence-electron chi connectivity index (χ3n) is 3.00. The molecule has 0 bridgehead atoms. The van der Waals surface area contributed by atoms with Gasteiger partial charge in [0.15, 0.2) is 0 Å². The van der Waals surface area contributed by atoms with E-state index in [0.717, 1.165) is 27.7 Å². The van der Waals surface area contributed by atoms with Gasteiger partial charge in [0.2, 0.25) is 0 Å². The van der Waals surface area contributed by atoms with Gasteiger partial charge in [-0.05, 0) is 28.1 Å². The van der Waals surface area contributed by atoms with Crippen molar-refractivity contribution in [2.24, 2.45) is 0 Å². The van der Waals surface area contributed by atoms with E-state index in [1.165, 1.54) is 0 Å². The Kier molecular flexibility index (Phi) is 4.60. The maximum atomic E-state index is 5.26. The van der Waals surface area contributed by atoms with Gasteiger partial charge < -0.3 is 9.64 Å². The van der Waals surface area contributed by atoms with Gasteiger partial charge in [-0.3, -0.25) is 0 Å². The fourth-order valence-electron chi connectivity index (χ4n) is 1.80. The Labute approximate surface area is 127 Å².